The van der Waals surface area contributed by atoms with Crippen molar-refractivity contribution in [3.05, 3.63) is 47.5 Å². The predicted octanol–water partition coefficient (Wildman–Crippen LogP) is 1.04. The van der Waals surface area contributed by atoms with E-state index >= 15 is 0 Å². The Kier molecular flexibility index (Phi) is 6.59. The maximum Gasteiger partial charge on any atom is 0.271 e. The summed E-state index contributed by atoms with van der Waals surface area (Å²) in [6.07, 6.45) is 1.38. The molecule has 0 unspecified atom stereocenters. The average molecular weight is 373 g/mol. The summed E-state index contributed by atoms with van der Waals surface area (Å²) in [6, 6.07) is 9.05. The van der Waals surface area contributed by atoms with Gasteiger partial charge in [0.2, 0.25) is 5.75 Å². The summed E-state index contributed by atoms with van der Waals surface area (Å²) in [5.74, 6) is -0.318. The van der Waals surface area contributed by atoms with Gasteiger partial charge >= 0.3 is 0 Å². The summed E-state index contributed by atoms with van der Waals surface area (Å²) in [5, 5.41) is 13.3. The van der Waals surface area contributed by atoms with Crippen molar-refractivity contribution >= 4 is 18.0 Å². The van der Waals surface area contributed by atoms with Gasteiger partial charge in [0.05, 0.1) is 20.4 Å². The first-order chi connectivity index (χ1) is 12.9. The van der Waals surface area contributed by atoms with E-state index in [1.54, 1.807) is 24.3 Å². The number of aromatic hydroxyl groups is 1. The minimum atomic E-state index is -0.639. The molecule has 0 saturated carbocycles. The van der Waals surface area contributed by atoms with Crippen LogP contribution in [0, 0.1) is 0 Å². The maximum absolute atomic E-state index is 12.0. The van der Waals surface area contributed by atoms with Crippen LogP contribution in [0.15, 0.2) is 41.5 Å². The van der Waals surface area contributed by atoms with Crippen molar-refractivity contribution in [2.45, 2.75) is 0 Å². The average Bonchev–Trinajstić information content (AvgIpc) is 2.65. The predicted molar refractivity (Wildman–Crippen MR) is 97.4 cm³/mol. The molecule has 0 aromatic heterocycles. The molecule has 4 N–H and O–H groups in total. The van der Waals surface area contributed by atoms with Gasteiger partial charge in [0.25, 0.3) is 11.8 Å². The van der Waals surface area contributed by atoms with Crippen molar-refractivity contribution < 1.29 is 28.9 Å². The molecule has 2 aromatic rings. The highest BCUT2D eigenvalue weighted by Gasteiger charge is 2.14. The monoisotopic (exact) mass is 373 g/mol. The van der Waals surface area contributed by atoms with Crippen molar-refractivity contribution in [3.63, 3.8) is 0 Å². The molecule has 0 bridgehead atoms. The molecule has 2 aromatic carbocycles. The van der Waals surface area contributed by atoms with Gasteiger partial charge < -0.3 is 25.1 Å². The fourth-order valence-electron chi connectivity index (χ4n) is 2.14. The molecule has 0 aliphatic carbocycles. The van der Waals surface area contributed by atoms with Gasteiger partial charge in [0.1, 0.15) is 5.75 Å². The Morgan fingerprint density at radius 2 is 1.85 bits per heavy atom. The van der Waals surface area contributed by atoms with Gasteiger partial charge in [-0.15, -0.1) is 0 Å². The largest absolute Gasteiger partial charge is 0.508 e. The number of benzene rings is 2. The number of carbonyl (C=O) groups is 2. The van der Waals surface area contributed by atoms with E-state index in [9.17, 15) is 14.7 Å². The molecule has 0 aliphatic heterocycles. The summed E-state index contributed by atoms with van der Waals surface area (Å²) >= 11 is 0. The van der Waals surface area contributed by atoms with Crippen molar-refractivity contribution in [2.75, 3.05) is 20.8 Å². The third-order valence-corrected chi connectivity index (χ3v) is 3.33. The smallest absolute Gasteiger partial charge is 0.271 e. The minimum absolute atomic E-state index is 0.0207. The maximum atomic E-state index is 12.0. The molecule has 27 heavy (non-hydrogen) atoms. The number of phenols is 1. The van der Waals surface area contributed by atoms with E-state index in [2.05, 4.69) is 10.5 Å². The molecule has 0 atom stereocenters. The van der Waals surface area contributed by atoms with E-state index in [0.29, 0.717) is 17.1 Å². The minimum Gasteiger partial charge on any atom is -0.508 e. The third kappa shape index (κ3) is 5.36. The lowest BCUT2D eigenvalue weighted by atomic mass is 10.2. The second kappa shape index (κ2) is 9.09. The highest BCUT2D eigenvalue weighted by Crippen LogP contribution is 2.38. The summed E-state index contributed by atoms with van der Waals surface area (Å²) in [6.45, 7) is -0.333. The summed E-state index contributed by atoms with van der Waals surface area (Å²) in [5.41, 5.74) is 8.24. The first kappa shape index (κ1) is 19.6. The van der Waals surface area contributed by atoms with Gasteiger partial charge in [0, 0.05) is 11.1 Å². The molecule has 0 radical (unpaired) electrons. The zero-order chi connectivity index (χ0) is 19.8. The Balaban J connectivity index is 2.16. The summed E-state index contributed by atoms with van der Waals surface area (Å²) < 4.78 is 15.8. The lowest BCUT2D eigenvalue weighted by molar-refractivity contribution is -0.120. The van der Waals surface area contributed by atoms with Gasteiger partial charge in [0.15, 0.2) is 18.1 Å². The quantitative estimate of drug-likeness (QED) is 0.468. The number of phenolic OH excluding ortho intramolecular Hbond substituents is 1. The number of hydrogen-bond acceptors (Lipinski definition) is 7. The normalized spacial score (nSPS) is 10.4. The number of nitrogens with one attached hydrogen (secondary N) is 1. The van der Waals surface area contributed by atoms with E-state index in [-0.39, 0.29) is 23.7 Å². The van der Waals surface area contributed by atoms with Crippen molar-refractivity contribution in [1.29, 1.82) is 0 Å². The number of amides is 2. The standard InChI is InChI=1S/C18H19N3O6/c1-25-14-6-11(7-15(26-2)17(14)27-10-16(19)23)9-20-21-18(24)12-4-3-5-13(22)8-12/h3-9,22H,10H2,1-2H3,(H2,19,23)(H,21,24)/b20-9-. The molecule has 9 heteroatoms. The third-order valence-electron chi connectivity index (χ3n) is 3.33. The summed E-state index contributed by atoms with van der Waals surface area (Å²) in [4.78, 5) is 22.9. The van der Waals surface area contributed by atoms with E-state index in [0.717, 1.165) is 0 Å². The van der Waals surface area contributed by atoms with Crippen LogP contribution in [0.3, 0.4) is 0 Å². The van der Waals surface area contributed by atoms with Crippen molar-refractivity contribution in [2.24, 2.45) is 10.8 Å². The van der Waals surface area contributed by atoms with Crippen LogP contribution in [0.25, 0.3) is 0 Å². The zero-order valence-electron chi connectivity index (χ0n) is 14.8. The van der Waals surface area contributed by atoms with Crippen LogP contribution >= 0.6 is 0 Å². The van der Waals surface area contributed by atoms with Crippen molar-refractivity contribution in [3.8, 4) is 23.0 Å². The number of nitrogens with two attached hydrogens (primary N) is 1. The van der Waals surface area contributed by atoms with Gasteiger partial charge in [-0.05, 0) is 30.3 Å². The number of carbonyl (C=O) groups excluding carboxylic acids is 2. The van der Waals surface area contributed by atoms with Gasteiger partial charge in [-0.3, -0.25) is 9.59 Å². The Morgan fingerprint density at radius 1 is 1.19 bits per heavy atom. The SMILES string of the molecule is COc1cc(/C=N\NC(=O)c2cccc(O)c2)cc(OC)c1OCC(N)=O. The summed E-state index contributed by atoms with van der Waals surface area (Å²) in [7, 11) is 2.85. The van der Waals surface area contributed by atoms with Crippen LogP contribution in [-0.2, 0) is 4.79 Å². The zero-order valence-corrected chi connectivity index (χ0v) is 14.8. The molecule has 0 aliphatic rings. The molecule has 0 spiro atoms. The molecule has 0 heterocycles. The number of rotatable bonds is 8. The first-order valence-electron chi connectivity index (χ1n) is 7.74. The van der Waals surface area contributed by atoms with Crippen LogP contribution in [0.5, 0.6) is 23.0 Å². The highest BCUT2D eigenvalue weighted by molar-refractivity contribution is 5.95. The molecule has 0 fully saturated rings. The fraction of sp³-hybridized carbons (Fsp3) is 0.167. The molecule has 142 valence electrons. The van der Waals surface area contributed by atoms with Gasteiger partial charge in [-0.1, -0.05) is 6.07 Å². The number of hydrogen-bond donors (Lipinski definition) is 3. The second-order valence-electron chi connectivity index (χ2n) is 5.26. The Morgan fingerprint density at radius 3 is 2.41 bits per heavy atom. The van der Waals surface area contributed by atoms with Crippen molar-refractivity contribution in [1.82, 2.24) is 5.43 Å². The van der Waals surface area contributed by atoms with E-state index in [1.807, 2.05) is 0 Å². The lowest BCUT2D eigenvalue weighted by Gasteiger charge is -2.14. The molecular weight excluding hydrogens is 354 g/mol. The van der Waals surface area contributed by atoms with E-state index in [4.69, 9.17) is 19.9 Å². The van der Waals surface area contributed by atoms with Crippen LogP contribution in [0.2, 0.25) is 0 Å². The van der Waals surface area contributed by atoms with Crippen LogP contribution in [0.4, 0.5) is 0 Å². The molecule has 2 amide bonds. The molecule has 2 rings (SSSR count). The topological polar surface area (TPSA) is 132 Å². The Labute approximate surface area is 155 Å². The van der Waals surface area contributed by atoms with E-state index in [1.165, 1.54) is 32.6 Å². The molecule has 9 nitrogen and oxygen atoms in total. The van der Waals surface area contributed by atoms with Gasteiger partial charge in [-0.25, -0.2) is 5.43 Å². The van der Waals surface area contributed by atoms with Crippen LogP contribution in [0.1, 0.15) is 15.9 Å². The van der Waals surface area contributed by atoms with Crippen LogP contribution < -0.4 is 25.4 Å². The number of hydrazone groups is 1. The highest BCUT2D eigenvalue weighted by atomic mass is 16.5. The first-order valence-corrected chi connectivity index (χ1v) is 7.74. The number of ether oxygens (including phenoxy) is 3. The Hall–Kier alpha value is -3.75. The van der Waals surface area contributed by atoms with Crippen LogP contribution in [-0.4, -0.2) is 44.0 Å². The van der Waals surface area contributed by atoms with E-state index < -0.39 is 11.8 Å². The Bertz CT molecular complexity index is 841. The number of primary amides is 1. The number of nitrogens with zero attached hydrogens (tertiary/aromatic N) is 1. The molecule has 0 saturated heterocycles. The molecular formula is C18H19N3O6. The second-order valence-corrected chi connectivity index (χ2v) is 5.26. The fourth-order valence-corrected chi connectivity index (χ4v) is 2.14. The van der Waals surface area contributed by atoms with Gasteiger partial charge in [-0.2, -0.15) is 5.10 Å². The lowest BCUT2D eigenvalue weighted by Crippen LogP contribution is -2.20. The number of methoxy groups -OCH3 is 2.